The second-order valence-corrected chi connectivity index (χ2v) is 7.35. The summed E-state index contributed by atoms with van der Waals surface area (Å²) in [6.07, 6.45) is 2.92. The molecule has 3 aromatic carbocycles. The number of nitrogens with zero attached hydrogens (tertiary/aromatic N) is 1. The zero-order valence-corrected chi connectivity index (χ0v) is 16.3. The van der Waals surface area contributed by atoms with Crippen LogP contribution in [-0.2, 0) is 19.5 Å². The maximum Gasteiger partial charge on any atom is 0.123 e. The molecule has 146 valence electrons. The molecule has 0 saturated carbocycles. The first-order chi connectivity index (χ1) is 14.3. The molecular formula is C25H25FN3+. The lowest BCUT2D eigenvalue weighted by Gasteiger charge is -2.20. The van der Waals surface area contributed by atoms with Gasteiger partial charge < -0.3 is 4.90 Å². The maximum absolute atomic E-state index is 13.3. The van der Waals surface area contributed by atoms with Gasteiger partial charge in [-0.05, 0) is 29.8 Å². The van der Waals surface area contributed by atoms with E-state index in [2.05, 4.69) is 70.9 Å². The highest BCUT2D eigenvalue weighted by Crippen LogP contribution is 2.20. The molecule has 1 aromatic heterocycles. The lowest BCUT2D eigenvalue weighted by molar-refractivity contribution is -0.927. The minimum absolute atomic E-state index is 0.228. The summed E-state index contributed by atoms with van der Waals surface area (Å²) in [6, 6.07) is 27.8. The van der Waals surface area contributed by atoms with Gasteiger partial charge in [-0.3, -0.25) is 5.10 Å². The number of hydrogen-bond donors (Lipinski definition) is 2. The van der Waals surface area contributed by atoms with Gasteiger partial charge >= 0.3 is 0 Å². The molecule has 1 unspecified atom stereocenters. The molecule has 4 heteroatoms. The minimum Gasteiger partial charge on any atom is -0.327 e. The van der Waals surface area contributed by atoms with Crippen molar-refractivity contribution in [3.63, 3.8) is 0 Å². The van der Waals surface area contributed by atoms with Gasteiger partial charge in [0.05, 0.1) is 24.0 Å². The van der Waals surface area contributed by atoms with E-state index in [4.69, 9.17) is 0 Å². The van der Waals surface area contributed by atoms with E-state index in [0.29, 0.717) is 0 Å². The molecule has 0 fully saturated rings. The SMILES string of the molecule is Fc1ccc(-c2[nH]ncc2C[NH+](CCc2ccccc2)Cc2ccccc2)cc1. The van der Waals surface area contributed by atoms with Gasteiger partial charge in [0, 0.05) is 17.5 Å². The van der Waals surface area contributed by atoms with Gasteiger partial charge in [0.15, 0.2) is 0 Å². The third kappa shape index (κ3) is 5.18. The van der Waals surface area contributed by atoms with Crippen LogP contribution in [0.2, 0.25) is 0 Å². The molecule has 3 nitrogen and oxygen atoms in total. The summed E-state index contributed by atoms with van der Waals surface area (Å²) in [5.74, 6) is -0.228. The lowest BCUT2D eigenvalue weighted by Crippen LogP contribution is -3.09. The van der Waals surface area contributed by atoms with Crippen LogP contribution in [0.15, 0.2) is 91.1 Å². The number of aromatic amines is 1. The van der Waals surface area contributed by atoms with Gasteiger partial charge in [0.2, 0.25) is 0 Å². The Balaban J connectivity index is 1.53. The Kier molecular flexibility index (Phi) is 6.13. The molecule has 1 atom stereocenters. The van der Waals surface area contributed by atoms with Crippen LogP contribution in [0.5, 0.6) is 0 Å². The fraction of sp³-hybridized carbons (Fsp3) is 0.160. The van der Waals surface area contributed by atoms with E-state index in [1.807, 2.05) is 6.20 Å². The molecule has 0 saturated heterocycles. The molecule has 0 aliphatic rings. The van der Waals surface area contributed by atoms with Gasteiger partial charge in [0.1, 0.15) is 18.9 Å². The molecule has 4 aromatic rings. The van der Waals surface area contributed by atoms with E-state index >= 15 is 0 Å². The van der Waals surface area contributed by atoms with Crippen molar-refractivity contribution >= 4 is 0 Å². The summed E-state index contributed by atoms with van der Waals surface area (Å²) in [7, 11) is 0. The Morgan fingerprint density at radius 1 is 0.759 bits per heavy atom. The first kappa shape index (κ1) is 19.1. The number of quaternary nitrogens is 1. The molecule has 0 radical (unpaired) electrons. The van der Waals surface area contributed by atoms with Crippen molar-refractivity contribution < 1.29 is 9.29 Å². The first-order valence-electron chi connectivity index (χ1n) is 9.97. The summed E-state index contributed by atoms with van der Waals surface area (Å²) in [4.78, 5) is 1.46. The summed E-state index contributed by atoms with van der Waals surface area (Å²) < 4.78 is 13.3. The molecule has 0 spiro atoms. The average molecular weight is 386 g/mol. The minimum atomic E-state index is -0.228. The maximum atomic E-state index is 13.3. The van der Waals surface area contributed by atoms with Gasteiger partial charge in [-0.15, -0.1) is 0 Å². The van der Waals surface area contributed by atoms with Crippen LogP contribution in [0.4, 0.5) is 4.39 Å². The quantitative estimate of drug-likeness (QED) is 0.471. The number of benzene rings is 3. The number of halogens is 1. The van der Waals surface area contributed by atoms with E-state index in [0.717, 1.165) is 42.9 Å². The van der Waals surface area contributed by atoms with Gasteiger partial charge in [-0.1, -0.05) is 60.7 Å². The van der Waals surface area contributed by atoms with E-state index in [1.54, 1.807) is 12.1 Å². The Labute approximate surface area is 170 Å². The number of hydrogen-bond acceptors (Lipinski definition) is 1. The highest BCUT2D eigenvalue weighted by molar-refractivity contribution is 5.62. The molecule has 4 rings (SSSR count). The fourth-order valence-corrected chi connectivity index (χ4v) is 3.67. The second kappa shape index (κ2) is 9.30. The molecular weight excluding hydrogens is 361 g/mol. The van der Waals surface area contributed by atoms with Crippen molar-refractivity contribution in [2.75, 3.05) is 6.54 Å². The predicted octanol–water partition coefficient (Wildman–Crippen LogP) is 4.04. The number of nitrogens with one attached hydrogen (secondary N) is 2. The smallest absolute Gasteiger partial charge is 0.123 e. The van der Waals surface area contributed by atoms with E-state index < -0.39 is 0 Å². The summed E-state index contributed by atoms with van der Waals surface area (Å²) in [6.45, 7) is 2.82. The zero-order valence-electron chi connectivity index (χ0n) is 16.3. The van der Waals surface area contributed by atoms with Crippen molar-refractivity contribution in [1.29, 1.82) is 0 Å². The van der Waals surface area contributed by atoms with Crippen LogP contribution in [0.25, 0.3) is 11.3 Å². The number of H-pyrrole nitrogens is 1. The number of rotatable bonds is 8. The van der Waals surface area contributed by atoms with Crippen molar-refractivity contribution in [2.24, 2.45) is 0 Å². The molecule has 0 amide bonds. The van der Waals surface area contributed by atoms with Crippen LogP contribution in [0.1, 0.15) is 16.7 Å². The van der Waals surface area contributed by atoms with E-state index in [9.17, 15) is 4.39 Å². The molecule has 1 heterocycles. The van der Waals surface area contributed by atoms with Gasteiger partial charge in [-0.2, -0.15) is 5.10 Å². The monoisotopic (exact) mass is 386 g/mol. The Bertz CT molecular complexity index is 1010. The molecule has 0 aliphatic heterocycles. The van der Waals surface area contributed by atoms with Crippen molar-refractivity contribution in [3.05, 3.63) is 114 Å². The predicted molar refractivity (Wildman–Crippen MR) is 114 cm³/mol. The number of aromatic nitrogens is 2. The molecule has 29 heavy (non-hydrogen) atoms. The standard InChI is InChI=1S/C25H24FN3/c26-24-13-11-22(12-14-24)25-23(17-27-28-25)19-29(18-21-9-5-2-6-10-21)16-15-20-7-3-1-4-8-20/h1-14,17H,15-16,18-19H2,(H,27,28)/p+1. The van der Waals surface area contributed by atoms with Crippen molar-refractivity contribution in [3.8, 4) is 11.3 Å². The third-order valence-corrected chi connectivity index (χ3v) is 5.20. The summed E-state index contributed by atoms with van der Waals surface area (Å²) >= 11 is 0. The van der Waals surface area contributed by atoms with Crippen LogP contribution in [0.3, 0.4) is 0 Å². The highest BCUT2D eigenvalue weighted by atomic mass is 19.1. The third-order valence-electron chi connectivity index (χ3n) is 5.20. The normalized spacial score (nSPS) is 12.0. The topological polar surface area (TPSA) is 33.1 Å². The molecule has 0 bridgehead atoms. The van der Waals surface area contributed by atoms with Gasteiger partial charge in [0.25, 0.3) is 0 Å². The summed E-state index contributed by atoms with van der Waals surface area (Å²) in [5.41, 5.74) is 5.75. The Hall–Kier alpha value is -3.24. The highest BCUT2D eigenvalue weighted by Gasteiger charge is 2.16. The van der Waals surface area contributed by atoms with E-state index in [1.165, 1.54) is 28.2 Å². The van der Waals surface area contributed by atoms with Crippen LogP contribution < -0.4 is 4.90 Å². The second-order valence-electron chi connectivity index (χ2n) is 7.35. The molecule has 2 N–H and O–H groups in total. The Morgan fingerprint density at radius 2 is 1.41 bits per heavy atom. The lowest BCUT2D eigenvalue weighted by atomic mass is 10.1. The van der Waals surface area contributed by atoms with Crippen LogP contribution in [0, 0.1) is 5.82 Å². The zero-order chi connectivity index (χ0) is 19.9. The van der Waals surface area contributed by atoms with Crippen LogP contribution >= 0.6 is 0 Å². The first-order valence-corrected chi connectivity index (χ1v) is 9.97. The fourth-order valence-electron chi connectivity index (χ4n) is 3.67. The Morgan fingerprint density at radius 3 is 2.10 bits per heavy atom. The van der Waals surface area contributed by atoms with Crippen LogP contribution in [-0.4, -0.2) is 16.7 Å². The van der Waals surface area contributed by atoms with E-state index in [-0.39, 0.29) is 5.82 Å². The van der Waals surface area contributed by atoms with Crippen molar-refractivity contribution in [2.45, 2.75) is 19.5 Å². The summed E-state index contributed by atoms with van der Waals surface area (Å²) in [5, 5.41) is 7.37. The molecule has 0 aliphatic carbocycles. The van der Waals surface area contributed by atoms with Crippen molar-refractivity contribution in [1.82, 2.24) is 10.2 Å². The largest absolute Gasteiger partial charge is 0.327 e. The average Bonchev–Trinajstić information content (AvgIpc) is 3.22. The van der Waals surface area contributed by atoms with Gasteiger partial charge in [-0.25, -0.2) is 4.39 Å².